The Balaban J connectivity index is 1.10. The standard InChI is InChI=1S/C27H34N2O3/c1-19(28-27(30)26-4-2-3-15-31-26)21-7-9-22(10-8-21)23-16-29(17-23)24-11-13-25(14-12-24)32-18-20-5-6-20/h7-14,19-20,23,26H,2-6,15-18H2,1H3,(H,28,30). The quantitative estimate of drug-likeness (QED) is 0.647. The molecule has 2 saturated heterocycles. The Morgan fingerprint density at radius 1 is 1.06 bits per heavy atom. The van der Waals surface area contributed by atoms with Crippen LogP contribution < -0.4 is 15.0 Å². The van der Waals surface area contributed by atoms with Crippen molar-refractivity contribution in [2.75, 3.05) is 31.2 Å². The van der Waals surface area contributed by atoms with E-state index in [-0.39, 0.29) is 18.1 Å². The minimum Gasteiger partial charge on any atom is -0.493 e. The van der Waals surface area contributed by atoms with Crippen molar-refractivity contribution in [3.8, 4) is 5.75 Å². The highest BCUT2D eigenvalue weighted by Crippen LogP contribution is 2.34. The van der Waals surface area contributed by atoms with Gasteiger partial charge in [-0.1, -0.05) is 24.3 Å². The lowest BCUT2D eigenvalue weighted by atomic mass is 9.90. The lowest BCUT2D eigenvalue weighted by Gasteiger charge is -2.41. The van der Waals surface area contributed by atoms with Gasteiger partial charge in [-0.05, 0) is 80.3 Å². The zero-order valence-electron chi connectivity index (χ0n) is 19.0. The maximum absolute atomic E-state index is 12.4. The normalized spacial score (nSPS) is 22.2. The summed E-state index contributed by atoms with van der Waals surface area (Å²) in [5.41, 5.74) is 3.76. The van der Waals surface area contributed by atoms with Gasteiger partial charge in [-0.2, -0.15) is 0 Å². The Hall–Kier alpha value is -2.53. The van der Waals surface area contributed by atoms with Crippen LogP contribution in [0.2, 0.25) is 0 Å². The van der Waals surface area contributed by atoms with Crippen molar-refractivity contribution in [3.63, 3.8) is 0 Å². The molecule has 1 amide bonds. The molecule has 2 heterocycles. The van der Waals surface area contributed by atoms with E-state index in [1.165, 1.54) is 24.1 Å². The molecule has 2 aromatic rings. The molecule has 2 aromatic carbocycles. The molecule has 5 rings (SSSR count). The first-order chi connectivity index (χ1) is 15.7. The summed E-state index contributed by atoms with van der Waals surface area (Å²) in [5.74, 6) is 2.32. The van der Waals surface area contributed by atoms with E-state index in [2.05, 4.69) is 58.7 Å². The second-order valence-corrected chi connectivity index (χ2v) is 9.60. The van der Waals surface area contributed by atoms with E-state index in [1.807, 2.05) is 6.92 Å². The molecule has 170 valence electrons. The van der Waals surface area contributed by atoms with Crippen molar-refractivity contribution in [2.24, 2.45) is 5.92 Å². The molecule has 1 aliphatic carbocycles. The second-order valence-electron chi connectivity index (χ2n) is 9.60. The highest BCUT2D eigenvalue weighted by molar-refractivity contribution is 5.81. The number of nitrogens with one attached hydrogen (secondary N) is 1. The van der Waals surface area contributed by atoms with Crippen LogP contribution in [0.3, 0.4) is 0 Å². The van der Waals surface area contributed by atoms with Gasteiger partial charge in [-0.25, -0.2) is 0 Å². The number of benzene rings is 2. The Morgan fingerprint density at radius 3 is 2.47 bits per heavy atom. The molecular weight excluding hydrogens is 400 g/mol. The molecule has 2 atom stereocenters. The number of hydrogen-bond acceptors (Lipinski definition) is 4. The third kappa shape index (κ3) is 5.09. The van der Waals surface area contributed by atoms with Gasteiger partial charge in [0, 0.05) is 31.3 Å². The summed E-state index contributed by atoms with van der Waals surface area (Å²) in [7, 11) is 0. The smallest absolute Gasteiger partial charge is 0.249 e. The molecule has 0 bridgehead atoms. The van der Waals surface area contributed by atoms with Crippen LogP contribution in [-0.2, 0) is 9.53 Å². The Morgan fingerprint density at radius 2 is 1.81 bits per heavy atom. The lowest BCUT2D eigenvalue weighted by Crippen LogP contribution is -2.45. The number of amides is 1. The number of carbonyl (C=O) groups excluding carboxylic acids is 1. The highest BCUT2D eigenvalue weighted by atomic mass is 16.5. The Kier molecular flexibility index (Phi) is 6.35. The van der Waals surface area contributed by atoms with Crippen LogP contribution in [-0.4, -0.2) is 38.3 Å². The van der Waals surface area contributed by atoms with Gasteiger partial charge < -0.3 is 19.7 Å². The van der Waals surface area contributed by atoms with Crippen molar-refractivity contribution < 1.29 is 14.3 Å². The van der Waals surface area contributed by atoms with Crippen LogP contribution >= 0.6 is 0 Å². The van der Waals surface area contributed by atoms with Gasteiger partial charge in [0.15, 0.2) is 0 Å². The summed E-state index contributed by atoms with van der Waals surface area (Å²) in [6.07, 6.45) is 5.29. The fourth-order valence-corrected chi connectivity index (χ4v) is 4.55. The summed E-state index contributed by atoms with van der Waals surface area (Å²) in [5, 5.41) is 3.11. The Labute approximate surface area is 191 Å². The Bertz CT molecular complexity index is 896. The largest absolute Gasteiger partial charge is 0.493 e. The second kappa shape index (κ2) is 9.53. The number of anilines is 1. The van der Waals surface area contributed by atoms with Crippen molar-refractivity contribution in [1.82, 2.24) is 5.32 Å². The summed E-state index contributed by atoms with van der Waals surface area (Å²) < 4.78 is 11.4. The van der Waals surface area contributed by atoms with Gasteiger partial charge in [-0.15, -0.1) is 0 Å². The number of carbonyl (C=O) groups is 1. The minimum absolute atomic E-state index is 0.0133. The van der Waals surface area contributed by atoms with Gasteiger partial charge in [0.1, 0.15) is 11.9 Å². The van der Waals surface area contributed by atoms with Crippen molar-refractivity contribution in [1.29, 1.82) is 0 Å². The molecule has 2 unspecified atom stereocenters. The molecule has 32 heavy (non-hydrogen) atoms. The first-order valence-electron chi connectivity index (χ1n) is 12.2. The SMILES string of the molecule is CC(NC(=O)C1CCCCO1)c1ccc(C2CN(c3ccc(OCC4CC4)cc3)C2)cc1. The summed E-state index contributed by atoms with van der Waals surface area (Å²) >= 11 is 0. The van der Waals surface area contributed by atoms with Crippen molar-refractivity contribution in [3.05, 3.63) is 59.7 Å². The van der Waals surface area contributed by atoms with E-state index in [4.69, 9.17) is 9.47 Å². The fourth-order valence-electron chi connectivity index (χ4n) is 4.55. The molecule has 5 nitrogen and oxygen atoms in total. The average Bonchev–Trinajstić information content (AvgIpc) is 3.63. The van der Waals surface area contributed by atoms with E-state index in [9.17, 15) is 4.79 Å². The molecule has 0 aromatic heterocycles. The van der Waals surface area contributed by atoms with Crippen LogP contribution in [0.5, 0.6) is 5.75 Å². The van der Waals surface area contributed by atoms with Crippen LogP contribution in [0.4, 0.5) is 5.69 Å². The van der Waals surface area contributed by atoms with E-state index < -0.39 is 0 Å². The maximum Gasteiger partial charge on any atom is 0.249 e. The summed E-state index contributed by atoms with van der Waals surface area (Å²) in [4.78, 5) is 14.8. The number of ether oxygens (including phenoxy) is 2. The van der Waals surface area contributed by atoms with Crippen LogP contribution in [0.25, 0.3) is 0 Å². The number of hydrogen-bond donors (Lipinski definition) is 1. The molecule has 3 fully saturated rings. The number of nitrogens with zero attached hydrogens (tertiary/aromatic N) is 1. The zero-order chi connectivity index (χ0) is 21.9. The molecule has 1 N–H and O–H groups in total. The lowest BCUT2D eigenvalue weighted by molar-refractivity contribution is -0.136. The highest BCUT2D eigenvalue weighted by Gasteiger charge is 2.29. The molecular formula is C27H34N2O3. The first kappa shape index (κ1) is 21.3. The first-order valence-corrected chi connectivity index (χ1v) is 12.2. The number of rotatable bonds is 8. The van der Waals surface area contributed by atoms with Gasteiger partial charge >= 0.3 is 0 Å². The van der Waals surface area contributed by atoms with Gasteiger partial charge in [-0.3, -0.25) is 4.79 Å². The van der Waals surface area contributed by atoms with Crippen molar-refractivity contribution >= 4 is 11.6 Å². The maximum atomic E-state index is 12.4. The molecule has 1 saturated carbocycles. The third-order valence-corrected chi connectivity index (χ3v) is 7.00. The molecule has 5 heteroatoms. The molecule has 2 aliphatic heterocycles. The molecule has 3 aliphatic rings. The average molecular weight is 435 g/mol. The van der Waals surface area contributed by atoms with Crippen molar-refractivity contribution in [2.45, 2.75) is 57.1 Å². The van der Waals surface area contributed by atoms with E-state index in [0.29, 0.717) is 12.5 Å². The monoisotopic (exact) mass is 434 g/mol. The predicted molar refractivity (Wildman–Crippen MR) is 126 cm³/mol. The van der Waals surface area contributed by atoms with Crippen LogP contribution in [0.1, 0.15) is 62.1 Å². The van der Waals surface area contributed by atoms with Crippen LogP contribution in [0.15, 0.2) is 48.5 Å². The topological polar surface area (TPSA) is 50.8 Å². The zero-order valence-corrected chi connectivity index (χ0v) is 19.0. The molecule has 0 radical (unpaired) electrons. The fraction of sp³-hybridized carbons (Fsp3) is 0.519. The summed E-state index contributed by atoms with van der Waals surface area (Å²) in [6.45, 7) is 5.66. The van der Waals surface area contributed by atoms with E-state index in [1.54, 1.807) is 0 Å². The molecule has 0 spiro atoms. The van der Waals surface area contributed by atoms with Gasteiger partial charge in [0.25, 0.3) is 0 Å². The minimum atomic E-state index is -0.287. The van der Waals surface area contributed by atoms with Crippen LogP contribution in [0, 0.1) is 5.92 Å². The van der Waals surface area contributed by atoms with Gasteiger partial charge in [0.05, 0.1) is 12.6 Å². The van der Waals surface area contributed by atoms with E-state index in [0.717, 1.165) is 56.2 Å². The predicted octanol–water partition coefficient (Wildman–Crippen LogP) is 4.83. The van der Waals surface area contributed by atoms with E-state index >= 15 is 0 Å². The third-order valence-electron chi connectivity index (χ3n) is 7.00. The summed E-state index contributed by atoms with van der Waals surface area (Å²) in [6, 6.07) is 17.2. The van der Waals surface area contributed by atoms with Gasteiger partial charge in [0.2, 0.25) is 5.91 Å².